The number of hydrogen-bond donors (Lipinski definition) is 0. The molecule has 0 N–H and O–H groups in total. The van der Waals surface area contributed by atoms with Crippen molar-refractivity contribution in [1.82, 2.24) is 9.80 Å². The number of hydrogen-bond acceptors (Lipinski definition) is 3. The third kappa shape index (κ3) is 4.28. The molecule has 1 aliphatic heterocycles. The lowest BCUT2D eigenvalue weighted by Gasteiger charge is -2.39. The molecule has 0 saturated heterocycles. The van der Waals surface area contributed by atoms with Crippen LogP contribution in [-0.4, -0.2) is 39.6 Å². The summed E-state index contributed by atoms with van der Waals surface area (Å²) in [6, 6.07) is 7.81. The molecule has 1 aromatic rings. The molecular weight excluding hydrogens is 304 g/mol. The summed E-state index contributed by atoms with van der Waals surface area (Å²) in [7, 11) is 0. The van der Waals surface area contributed by atoms with Crippen LogP contribution in [0.4, 0.5) is 9.59 Å². The molecule has 0 spiro atoms. The number of urea groups is 1. The second-order valence-corrected chi connectivity index (χ2v) is 8.21. The van der Waals surface area contributed by atoms with E-state index >= 15 is 0 Å². The van der Waals surface area contributed by atoms with Crippen LogP contribution in [0.1, 0.15) is 52.7 Å². The van der Waals surface area contributed by atoms with E-state index in [1.165, 1.54) is 10.5 Å². The highest BCUT2D eigenvalue weighted by Gasteiger charge is 2.39. The SMILES string of the molecule is CC(C)(C)OC(=O)N(C(=O)N1CCc2ccccc2C1)C(C)(C)C. The smallest absolute Gasteiger partial charge is 0.419 e. The van der Waals surface area contributed by atoms with Crippen LogP contribution < -0.4 is 0 Å². The van der Waals surface area contributed by atoms with Crippen molar-refractivity contribution in [3.8, 4) is 0 Å². The Morgan fingerprint density at radius 3 is 2.17 bits per heavy atom. The van der Waals surface area contributed by atoms with E-state index in [4.69, 9.17) is 4.74 Å². The van der Waals surface area contributed by atoms with E-state index in [2.05, 4.69) is 6.07 Å². The maximum Gasteiger partial charge on any atom is 0.419 e. The normalized spacial score (nSPS) is 14.8. The van der Waals surface area contributed by atoms with Gasteiger partial charge in [-0.2, -0.15) is 0 Å². The van der Waals surface area contributed by atoms with E-state index in [0.717, 1.165) is 12.0 Å². The zero-order valence-corrected chi connectivity index (χ0v) is 15.5. The van der Waals surface area contributed by atoms with Crippen molar-refractivity contribution in [3.05, 3.63) is 35.4 Å². The lowest BCUT2D eigenvalue weighted by molar-refractivity contribution is 0.0123. The van der Waals surface area contributed by atoms with E-state index in [1.54, 1.807) is 25.7 Å². The fourth-order valence-corrected chi connectivity index (χ4v) is 2.75. The zero-order chi connectivity index (χ0) is 18.1. The fraction of sp³-hybridized carbons (Fsp3) is 0.579. The molecule has 1 heterocycles. The summed E-state index contributed by atoms with van der Waals surface area (Å²) < 4.78 is 5.45. The van der Waals surface area contributed by atoms with Gasteiger partial charge in [-0.1, -0.05) is 24.3 Å². The Bertz CT molecular complexity index is 626. The van der Waals surface area contributed by atoms with Crippen molar-refractivity contribution >= 4 is 12.1 Å². The van der Waals surface area contributed by atoms with E-state index in [0.29, 0.717) is 13.1 Å². The van der Waals surface area contributed by atoms with Crippen LogP contribution in [-0.2, 0) is 17.7 Å². The first kappa shape index (κ1) is 18.3. The molecule has 0 saturated carbocycles. The molecule has 2 rings (SSSR count). The largest absolute Gasteiger partial charge is 0.443 e. The molecule has 0 unspecified atom stereocenters. The van der Waals surface area contributed by atoms with Crippen molar-refractivity contribution in [2.75, 3.05) is 6.54 Å². The number of nitrogens with zero attached hydrogens (tertiary/aromatic N) is 2. The minimum absolute atomic E-state index is 0.300. The van der Waals surface area contributed by atoms with Gasteiger partial charge in [0.1, 0.15) is 5.60 Å². The van der Waals surface area contributed by atoms with Crippen LogP contribution >= 0.6 is 0 Å². The molecule has 24 heavy (non-hydrogen) atoms. The van der Waals surface area contributed by atoms with Crippen LogP contribution in [0.5, 0.6) is 0 Å². The molecule has 0 fully saturated rings. The minimum Gasteiger partial charge on any atom is -0.443 e. The van der Waals surface area contributed by atoms with E-state index in [-0.39, 0.29) is 6.03 Å². The van der Waals surface area contributed by atoms with Gasteiger partial charge < -0.3 is 9.64 Å². The van der Waals surface area contributed by atoms with Crippen molar-refractivity contribution in [2.45, 2.75) is 65.6 Å². The van der Waals surface area contributed by atoms with Gasteiger partial charge in [-0.15, -0.1) is 0 Å². The minimum atomic E-state index is -0.656. The van der Waals surface area contributed by atoms with Crippen LogP contribution in [0.15, 0.2) is 24.3 Å². The molecule has 0 aromatic heterocycles. The molecule has 5 nitrogen and oxygen atoms in total. The van der Waals surface area contributed by atoms with Gasteiger partial charge in [0.2, 0.25) is 0 Å². The van der Waals surface area contributed by atoms with Gasteiger partial charge in [0, 0.05) is 18.6 Å². The van der Waals surface area contributed by atoms with Crippen molar-refractivity contribution in [1.29, 1.82) is 0 Å². The summed E-state index contributed by atoms with van der Waals surface area (Å²) in [5.41, 5.74) is 1.10. The highest BCUT2D eigenvalue weighted by atomic mass is 16.6. The van der Waals surface area contributed by atoms with Gasteiger partial charge in [0.05, 0.1) is 0 Å². The Hall–Kier alpha value is -2.04. The third-order valence-corrected chi connectivity index (χ3v) is 3.84. The standard InChI is InChI=1S/C19H28N2O3/c1-18(2,3)21(17(23)24-19(4,5)6)16(22)20-12-11-14-9-7-8-10-15(14)13-20/h7-10H,11-13H2,1-6H3. The van der Waals surface area contributed by atoms with Crippen molar-refractivity contribution < 1.29 is 14.3 Å². The highest BCUT2D eigenvalue weighted by Crippen LogP contribution is 2.24. The molecule has 132 valence electrons. The number of rotatable bonds is 0. The number of imide groups is 1. The Morgan fingerprint density at radius 1 is 1.04 bits per heavy atom. The lowest BCUT2D eigenvalue weighted by atomic mass is 10.00. The third-order valence-electron chi connectivity index (χ3n) is 3.84. The van der Waals surface area contributed by atoms with Crippen LogP contribution in [0, 0.1) is 0 Å². The zero-order valence-electron chi connectivity index (χ0n) is 15.5. The number of benzene rings is 1. The van der Waals surface area contributed by atoms with Crippen LogP contribution in [0.2, 0.25) is 0 Å². The fourth-order valence-electron chi connectivity index (χ4n) is 2.75. The predicted molar refractivity (Wildman–Crippen MR) is 93.8 cm³/mol. The molecule has 1 aromatic carbocycles. The Balaban J connectivity index is 2.22. The number of carbonyl (C=O) groups excluding carboxylic acids is 2. The van der Waals surface area contributed by atoms with Gasteiger partial charge in [-0.25, -0.2) is 14.5 Å². The summed E-state index contributed by atoms with van der Waals surface area (Å²) in [4.78, 5) is 28.6. The predicted octanol–water partition coefficient (Wildman–Crippen LogP) is 4.20. The lowest BCUT2D eigenvalue weighted by Crippen LogP contribution is -2.56. The van der Waals surface area contributed by atoms with Gasteiger partial charge in [-0.3, -0.25) is 0 Å². The second kappa shape index (κ2) is 6.46. The monoisotopic (exact) mass is 332 g/mol. The molecule has 0 atom stereocenters. The number of carbonyl (C=O) groups is 2. The maximum absolute atomic E-state index is 13.0. The summed E-state index contributed by atoms with van der Waals surface area (Å²) >= 11 is 0. The number of ether oxygens (including phenoxy) is 1. The van der Waals surface area contributed by atoms with E-state index < -0.39 is 17.2 Å². The molecule has 0 bridgehead atoms. The summed E-state index contributed by atoms with van der Waals surface area (Å²) in [5.74, 6) is 0. The van der Waals surface area contributed by atoms with Gasteiger partial charge in [0.25, 0.3) is 0 Å². The summed E-state index contributed by atoms with van der Waals surface area (Å²) in [6.45, 7) is 12.0. The maximum atomic E-state index is 13.0. The Labute approximate surface area is 144 Å². The molecule has 5 heteroatoms. The average Bonchev–Trinajstić information content (AvgIpc) is 2.43. The topological polar surface area (TPSA) is 49.9 Å². The van der Waals surface area contributed by atoms with Gasteiger partial charge >= 0.3 is 12.1 Å². The number of fused-ring (bicyclic) bond motifs is 1. The van der Waals surface area contributed by atoms with Crippen LogP contribution in [0.3, 0.4) is 0 Å². The highest BCUT2D eigenvalue weighted by molar-refractivity contribution is 5.92. The molecular formula is C19H28N2O3. The van der Waals surface area contributed by atoms with Crippen molar-refractivity contribution in [2.24, 2.45) is 0 Å². The van der Waals surface area contributed by atoms with Gasteiger partial charge in [-0.05, 0) is 59.1 Å². The molecule has 1 aliphatic rings. The Kier molecular flexibility index (Phi) is 4.92. The molecule has 0 aliphatic carbocycles. The first-order chi connectivity index (χ1) is 11.0. The van der Waals surface area contributed by atoms with Crippen LogP contribution in [0.25, 0.3) is 0 Å². The van der Waals surface area contributed by atoms with E-state index in [9.17, 15) is 9.59 Å². The molecule has 3 amide bonds. The summed E-state index contributed by atoms with van der Waals surface area (Å²) in [6.07, 6.45) is 0.202. The van der Waals surface area contributed by atoms with E-state index in [1.807, 2.05) is 39.0 Å². The first-order valence-electron chi connectivity index (χ1n) is 8.38. The average molecular weight is 332 g/mol. The summed E-state index contributed by atoms with van der Waals surface area (Å²) in [5, 5.41) is 0. The second-order valence-electron chi connectivity index (χ2n) is 8.21. The first-order valence-corrected chi connectivity index (χ1v) is 8.38. The van der Waals surface area contributed by atoms with Crippen molar-refractivity contribution in [3.63, 3.8) is 0 Å². The van der Waals surface area contributed by atoms with Gasteiger partial charge in [0.15, 0.2) is 0 Å². The quantitative estimate of drug-likeness (QED) is 0.715. The number of amides is 3. The molecule has 0 radical (unpaired) electrons. The Morgan fingerprint density at radius 2 is 1.62 bits per heavy atom.